The van der Waals surface area contributed by atoms with Crippen molar-refractivity contribution >= 4 is 50.2 Å². The molecular formula is C22H22ClN3O4S. The van der Waals surface area contributed by atoms with Gasteiger partial charge in [-0.1, -0.05) is 29.0 Å². The van der Waals surface area contributed by atoms with E-state index in [9.17, 15) is 9.59 Å². The second-order valence-electron chi connectivity index (χ2n) is 7.06. The van der Waals surface area contributed by atoms with E-state index in [0.717, 1.165) is 17.8 Å². The second kappa shape index (κ2) is 9.74. The largest absolute Gasteiger partial charge is 0.465 e. The lowest BCUT2D eigenvalue weighted by atomic mass is 10.1. The Morgan fingerprint density at radius 2 is 1.87 bits per heavy atom. The van der Waals surface area contributed by atoms with Gasteiger partial charge in [0.2, 0.25) is 0 Å². The van der Waals surface area contributed by atoms with Gasteiger partial charge < -0.3 is 9.47 Å². The Balaban J connectivity index is 1.62. The molecule has 9 heteroatoms. The number of fused-ring (bicyclic) bond motifs is 1. The minimum atomic E-state index is -0.441. The number of carbonyl (C=O) groups is 2. The number of ether oxygens (including phenoxy) is 2. The van der Waals surface area contributed by atoms with Gasteiger partial charge in [0.05, 0.1) is 35.6 Å². The van der Waals surface area contributed by atoms with Crippen molar-refractivity contribution in [1.82, 2.24) is 9.88 Å². The van der Waals surface area contributed by atoms with Crippen molar-refractivity contribution in [3.8, 4) is 0 Å². The Hall–Kier alpha value is -2.52. The van der Waals surface area contributed by atoms with E-state index in [1.54, 1.807) is 35.2 Å². The molecule has 1 aromatic heterocycles. The van der Waals surface area contributed by atoms with Crippen LogP contribution in [0.25, 0.3) is 10.2 Å². The van der Waals surface area contributed by atoms with Crippen molar-refractivity contribution in [2.45, 2.75) is 0 Å². The molecule has 0 N–H and O–H groups in total. The molecule has 2 heterocycles. The summed E-state index contributed by atoms with van der Waals surface area (Å²) in [7, 11) is 1.33. The van der Waals surface area contributed by atoms with Gasteiger partial charge in [-0.25, -0.2) is 9.78 Å². The molecule has 1 saturated heterocycles. The van der Waals surface area contributed by atoms with Crippen LogP contribution in [-0.4, -0.2) is 68.3 Å². The van der Waals surface area contributed by atoms with Gasteiger partial charge in [0.15, 0.2) is 5.13 Å². The number of anilines is 1. The van der Waals surface area contributed by atoms with Crippen LogP contribution in [0.3, 0.4) is 0 Å². The third-order valence-electron chi connectivity index (χ3n) is 5.13. The number of amides is 1. The molecule has 4 rings (SSSR count). The van der Waals surface area contributed by atoms with E-state index < -0.39 is 5.97 Å². The van der Waals surface area contributed by atoms with E-state index in [0.29, 0.717) is 53.1 Å². The van der Waals surface area contributed by atoms with Crippen LogP contribution in [0, 0.1) is 0 Å². The number of hydrogen-bond acceptors (Lipinski definition) is 7. The molecule has 0 spiro atoms. The topological polar surface area (TPSA) is 72.0 Å². The summed E-state index contributed by atoms with van der Waals surface area (Å²) in [6.07, 6.45) is 0. The summed E-state index contributed by atoms with van der Waals surface area (Å²) in [5.74, 6) is -0.621. The van der Waals surface area contributed by atoms with Crippen LogP contribution in [0.2, 0.25) is 5.02 Å². The summed E-state index contributed by atoms with van der Waals surface area (Å²) >= 11 is 7.74. The van der Waals surface area contributed by atoms with Gasteiger partial charge in [0.1, 0.15) is 5.52 Å². The normalized spacial score (nSPS) is 14.5. The molecule has 1 fully saturated rings. The first-order chi connectivity index (χ1) is 15.1. The first-order valence-corrected chi connectivity index (χ1v) is 11.1. The highest BCUT2D eigenvalue weighted by molar-refractivity contribution is 7.22. The highest BCUT2D eigenvalue weighted by Gasteiger charge is 2.23. The summed E-state index contributed by atoms with van der Waals surface area (Å²) in [6.45, 7) is 4.25. The molecule has 0 saturated carbocycles. The SMILES string of the molecule is COC(=O)c1ccc(C(=O)N(CCN2CCOCC2)c2nc3c(Cl)cccc3s2)cc1. The quantitative estimate of drug-likeness (QED) is 0.523. The molecule has 7 nitrogen and oxygen atoms in total. The number of benzene rings is 2. The molecule has 0 radical (unpaired) electrons. The number of esters is 1. The van der Waals surface area contributed by atoms with Crippen LogP contribution >= 0.6 is 22.9 Å². The zero-order chi connectivity index (χ0) is 21.8. The Bertz CT molecular complexity index is 1080. The minimum absolute atomic E-state index is 0.181. The first-order valence-electron chi connectivity index (χ1n) is 9.92. The van der Waals surface area contributed by atoms with E-state index in [-0.39, 0.29) is 5.91 Å². The van der Waals surface area contributed by atoms with Gasteiger partial charge in [-0.15, -0.1) is 0 Å². The molecule has 31 heavy (non-hydrogen) atoms. The zero-order valence-corrected chi connectivity index (χ0v) is 18.6. The molecule has 162 valence electrons. The van der Waals surface area contributed by atoms with Crippen LogP contribution in [0.15, 0.2) is 42.5 Å². The predicted molar refractivity (Wildman–Crippen MR) is 121 cm³/mol. The maximum absolute atomic E-state index is 13.4. The maximum atomic E-state index is 13.4. The van der Waals surface area contributed by atoms with Crippen molar-refractivity contribution in [3.05, 3.63) is 58.6 Å². The van der Waals surface area contributed by atoms with Crippen molar-refractivity contribution in [2.24, 2.45) is 0 Å². The van der Waals surface area contributed by atoms with E-state index >= 15 is 0 Å². The summed E-state index contributed by atoms with van der Waals surface area (Å²) in [4.78, 5) is 33.7. The Kier molecular flexibility index (Phi) is 6.82. The van der Waals surface area contributed by atoms with Gasteiger partial charge in [0.25, 0.3) is 5.91 Å². The molecule has 0 aliphatic carbocycles. The van der Waals surface area contributed by atoms with E-state index in [1.807, 2.05) is 12.1 Å². The molecule has 1 aliphatic heterocycles. The van der Waals surface area contributed by atoms with Gasteiger partial charge in [0, 0.05) is 31.7 Å². The lowest BCUT2D eigenvalue weighted by Crippen LogP contribution is -2.43. The van der Waals surface area contributed by atoms with Gasteiger partial charge in [-0.3, -0.25) is 14.6 Å². The van der Waals surface area contributed by atoms with Gasteiger partial charge >= 0.3 is 5.97 Å². The third kappa shape index (κ3) is 4.88. The molecule has 1 aliphatic rings. The summed E-state index contributed by atoms with van der Waals surface area (Å²) < 4.78 is 11.1. The van der Waals surface area contributed by atoms with Gasteiger partial charge in [-0.2, -0.15) is 0 Å². The number of rotatable bonds is 6. The Morgan fingerprint density at radius 3 is 2.55 bits per heavy atom. The number of aromatic nitrogens is 1. The minimum Gasteiger partial charge on any atom is -0.465 e. The van der Waals surface area contributed by atoms with Crippen molar-refractivity contribution < 1.29 is 19.1 Å². The number of methoxy groups -OCH3 is 1. The van der Waals surface area contributed by atoms with Crippen molar-refractivity contribution in [1.29, 1.82) is 0 Å². The maximum Gasteiger partial charge on any atom is 0.337 e. The monoisotopic (exact) mass is 459 g/mol. The molecule has 2 aromatic carbocycles. The number of para-hydroxylation sites is 1. The number of morpholine rings is 1. The van der Waals surface area contributed by atoms with Crippen LogP contribution in [0.4, 0.5) is 5.13 Å². The lowest BCUT2D eigenvalue weighted by molar-refractivity contribution is 0.0391. The Morgan fingerprint density at radius 1 is 1.16 bits per heavy atom. The molecule has 0 unspecified atom stereocenters. The average Bonchev–Trinajstić information content (AvgIpc) is 3.25. The number of carbonyl (C=O) groups excluding carboxylic acids is 2. The van der Waals surface area contributed by atoms with Crippen LogP contribution in [0.5, 0.6) is 0 Å². The van der Waals surface area contributed by atoms with Crippen LogP contribution in [-0.2, 0) is 9.47 Å². The van der Waals surface area contributed by atoms with Gasteiger partial charge in [-0.05, 0) is 36.4 Å². The van der Waals surface area contributed by atoms with Crippen molar-refractivity contribution in [2.75, 3.05) is 51.4 Å². The van der Waals surface area contributed by atoms with E-state index in [2.05, 4.69) is 9.88 Å². The van der Waals surface area contributed by atoms with E-state index in [1.165, 1.54) is 18.4 Å². The predicted octanol–water partition coefficient (Wildman–Crippen LogP) is 3.72. The fourth-order valence-electron chi connectivity index (χ4n) is 3.39. The standard InChI is InChI=1S/C22H22ClN3O4S/c1-29-21(28)16-7-5-15(6-8-16)20(27)26(10-9-25-11-13-30-14-12-25)22-24-19-17(23)3-2-4-18(19)31-22/h2-8H,9-14H2,1H3. The molecule has 3 aromatic rings. The first kappa shape index (κ1) is 21.7. The Labute approximate surface area is 189 Å². The fourth-order valence-corrected chi connectivity index (χ4v) is 4.68. The highest BCUT2D eigenvalue weighted by atomic mass is 35.5. The van der Waals surface area contributed by atoms with E-state index in [4.69, 9.17) is 21.1 Å². The van der Waals surface area contributed by atoms with Crippen LogP contribution < -0.4 is 4.90 Å². The fraction of sp³-hybridized carbons (Fsp3) is 0.318. The number of nitrogens with zero attached hydrogens (tertiary/aromatic N) is 3. The van der Waals surface area contributed by atoms with Crippen LogP contribution in [0.1, 0.15) is 20.7 Å². The number of thiazole rings is 1. The summed E-state index contributed by atoms with van der Waals surface area (Å²) in [5.41, 5.74) is 1.56. The number of halogens is 1. The molecule has 1 amide bonds. The molecule has 0 bridgehead atoms. The number of hydrogen-bond donors (Lipinski definition) is 0. The molecular weight excluding hydrogens is 438 g/mol. The summed E-state index contributed by atoms with van der Waals surface area (Å²) in [5, 5.41) is 1.15. The highest BCUT2D eigenvalue weighted by Crippen LogP contribution is 2.33. The lowest BCUT2D eigenvalue weighted by Gasteiger charge is -2.29. The third-order valence-corrected chi connectivity index (χ3v) is 6.48. The average molecular weight is 460 g/mol. The zero-order valence-electron chi connectivity index (χ0n) is 17.0. The smallest absolute Gasteiger partial charge is 0.337 e. The molecule has 0 atom stereocenters. The summed E-state index contributed by atoms with van der Waals surface area (Å²) in [6, 6.07) is 12.1. The van der Waals surface area contributed by atoms with Crippen molar-refractivity contribution in [3.63, 3.8) is 0 Å². The second-order valence-corrected chi connectivity index (χ2v) is 8.48.